The molecule has 1 saturated carbocycles. The summed E-state index contributed by atoms with van der Waals surface area (Å²) in [6, 6.07) is 0. The number of rotatable bonds is 0. The van der Waals surface area contributed by atoms with Crippen LogP contribution in [-0.2, 0) is 4.74 Å². The normalized spacial score (nSPS) is 47.1. The maximum atomic E-state index is 5.57. The molecule has 2 aliphatic rings. The van der Waals surface area contributed by atoms with Crippen LogP contribution >= 0.6 is 12.6 Å². The van der Waals surface area contributed by atoms with E-state index in [-0.39, 0.29) is 0 Å². The summed E-state index contributed by atoms with van der Waals surface area (Å²) in [5.74, 6) is 0. The second kappa shape index (κ2) is 2.42. The van der Waals surface area contributed by atoms with Crippen molar-refractivity contribution in [2.24, 2.45) is 0 Å². The molecule has 0 unspecified atom stereocenters. The van der Waals surface area contributed by atoms with Crippen LogP contribution in [0.15, 0.2) is 0 Å². The van der Waals surface area contributed by atoms with Crippen molar-refractivity contribution >= 4 is 12.6 Å². The summed E-state index contributed by atoms with van der Waals surface area (Å²) in [4.78, 5) is 0. The molecule has 2 rings (SSSR count). The van der Waals surface area contributed by atoms with Crippen LogP contribution in [0.1, 0.15) is 32.1 Å². The van der Waals surface area contributed by atoms with Crippen molar-refractivity contribution in [2.75, 3.05) is 6.61 Å². The van der Waals surface area contributed by atoms with E-state index in [2.05, 4.69) is 12.6 Å². The topological polar surface area (TPSA) is 9.23 Å². The Morgan fingerprint density at radius 1 is 1.20 bits per heavy atom. The van der Waals surface area contributed by atoms with Gasteiger partial charge in [-0.1, -0.05) is 0 Å². The molecule has 1 saturated heterocycles. The third-order valence-electron chi connectivity index (χ3n) is 2.83. The standard InChI is InChI=1S/C8H14OS/c10-7-1-3-8(4-2-7)5-6-9-8/h7,10H,1-6H2. The van der Waals surface area contributed by atoms with Gasteiger partial charge in [-0.05, 0) is 32.1 Å². The van der Waals surface area contributed by atoms with E-state index in [0.29, 0.717) is 10.9 Å². The molecule has 10 heavy (non-hydrogen) atoms. The van der Waals surface area contributed by atoms with Crippen molar-refractivity contribution in [3.63, 3.8) is 0 Å². The molecule has 1 aliphatic carbocycles. The van der Waals surface area contributed by atoms with E-state index in [4.69, 9.17) is 4.74 Å². The summed E-state index contributed by atoms with van der Waals surface area (Å²) in [5.41, 5.74) is 0.333. The zero-order valence-corrected chi connectivity index (χ0v) is 7.07. The third-order valence-corrected chi connectivity index (χ3v) is 3.35. The van der Waals surface area contributed by atoms with Gasteiger partial charge in [0, 0.05) is 5.25 Å². The van der Waals surface area contributed by atoms with E-state index in [1.165, 1.54) is 32.1 Å². The number of hydrogen-bond donors (Lipinski definition) is 1. The highest BCUT2D eigenvalue weighted by Gasteiger charge is 2.40. The number of ether oxygens (including phenoxy) is 1. The molecule has 0 radical (unpaired) electrons. The van der Waals surface area contributed by atoms with E-state index >= 15 is 0 Å². The Hall–Kier alpha value is 0.310. The zero-order valence-electron chi connectivity index (χ0n) is 6.18. The van der Waals surface area contributed by atoms with Gasteiger partial charge in [0.25, 0.3) is 0 Å². The van der Waals surface area contributed by atoms with Gasteiger partial charge in [0.05, 0.1) is 12.2 Å². The molecular weight excluding hydrogens is 144 g/mol. The van der Waals surface area contributed by atoms with E-state index in [0.717, 1.165) is 6.61 Å². The molecule has 1 nitrogen and oxygen atoms in total. The van der Waals surface area contributed by atoms with Crippen LogP contribution in [0.5, 0.6) is 0 Å². The van der Waals surface area contributed by atoms with Crippen molar-refractivity contribution in [1.29, 1.82) is 0 Å². The van der Waals surface area contributed by atoms with Crippen LogP contribution in [-0.4, -0.2) is 17.5 Å². The minimum Gasteiger partial charge on any atom is -0.375 e. The third kappa shape index (κ3) is 1.08. The SMILES string of the molecule is SC1CCC2(CCO2)CC1. The van der Waals surface area contributed by atoms with E-state index < -0.39 is 0 Å². The lowest BCUT2D eigenvalue weighted by Crippen LogP contribution is -2.46. The van der Waals surface area contributed by atoms with Crippen LogP contribution < -0.4 is 0 Å². The smallest absolute Gasteiger partial charge is 0.0705 e. The molecule has 1 heterocycles. The molecule has 0 aromatic carbocycles. The van der Waals surface area contributed by atoms with E-state index in [1.807, 2.05) is 0 Å². The van der Waals surface area contributed by atoms with Crippen molar-refractivity contribution in [3.8, 4) is 0 Å². The Morgan fingerprint density at radius 2 is 1.80 bits per heavy atom. The second-order valence-electron chi connectivity index (χ2n) is 3.51. The van der Waals surface area contributed by atoms with Crippen molar-refractivity contribution < 1.29 is 4.74 Å². The maximum absolute atomic E-state index is 5.57. The van der Waals surface area contributed by atoms with Crippen molar-refractivity contribution in [3.05, 3.63) is 0 Å². The highest BCUT2D eigenvalue weighted by atomic mass is 32.1. The molecule has 58 valence electrons. The first-order chi connectivity index (χ1) is 4.81. The second-order valence-corrected chi connectivity index (χ2v) is 4.24. The van der Waals surface area contributed by atoms with Crippen LogP contribution in [0.3, 0.4) is 0 Å². The highest BCUT2D eigenvalue weighted by Crippen LogP contribution is 2.41. The first-order valence-electron chi connectivity index (χ1n) is 4.13. The van der Waals surface area contributed by atoms with Gasteiger partial charge in [-0.25, -0.2) is 0 Å². The Labute approximate surface area is 67.6 Å². The Morgan fingerprint density at radius 3 is 2.20 bits per heavy atom. The molecule has 0 amide bonds. The Kier molecular flexibility index (Phi) is 1.69. The van der Waals surface area contributed by atoms with Crippen LogP contribution in [0.4, 0.5) is 0 Å². The van der Waals surface area contributed by atoms with Gasteiger partial charge < -0.3 is 4.74 Å². The molecular formula is C8H14OS. The largest absolute Gasteiger partial charge is 0.375 e. The van der Waals surface area contributed by atoms with Crippen LogP contribution in [0.2, 0.25) is 0 Å². The monoisotopic (exact) mass is 158 g/mol. The Bertz CT molecular complexity index is 121. The highest BCUT2D eigenvalue weighted by molar-refractivity contribution is 7.80. The fourth-order valence-corrected chi connectivity index (χ4v) is 2.17. The molecule has 1 spiro atoms. The lowest BCUT2D eigenvalue weighted by atomic mass is 9.79. The summed E-state index contributed by atoms with van der Waals surface area (Å²) >= 11 is 4.45. The van der Waals surface area contributed by atoms with Gasteiger partial charge in [-0.3, -0.25) is 0 Å². The van der Waals surface area contributed by atoms with Crippen molar-refractivity contribution in [2.45, 2.75) is 43.0 Å². The van der Waals surface area contributed by atoms with Crippen LogP contribution in [0, 0.1) is 0 Å². The average molecular weight is 158 g/mol. The number of thiol groups is 1. The average Bonchev–Trinajstić information content (AvgIpc) is 1.86. The summed E-state index contributed by atoms with van der Waals surface area (Å²) in [5, 5.41) is 0.648. The van der Waals surface area contributed by atoms with Gasteiger partial charge in [0.15, 0.2) is 0 Å². The fourth-order valence-electron chi connectivity index (χ4n) is 1.91. The lowest BCUT2D eigenvalue weighted by Gasteiger charge is -2.46. The zero-order chi connectivity index (χ0) is 7.03. The predicted octanol–water partition coefficient (Wildman–Crippen LogP) is 2.02. The molecule has 2 fully saturated rings. The lowest BCUT2D eigenvalue weighted by molar-refractivity contribution is -0.163. The van der Waals surface area contributed by atoms with Gasteiger partial charge in [-0.2, -0.15) is 12.6 Å². The maximum Gasteiger partial charge on any atom is 0.0705 e. The van der Waals surface area contributed by atoms with Crippen molar-refractivity contribution in [1.82, 2.24) is 0 Å². The van der Waals surface area contributed by atoms with Crippen LogP contribution in [0.25, 0.3) is 0 Å². The van der Waals surface area contributed by atoms with Gasteiger partial charge >= 0.3 is 0 Å². The predicted molar refractivity (Wildman–Crippen MR) is 44.5 cm³/mol. The summed E-state index contributed by atoms with van der Waals surface area (Å²) in [6.07, 6.45) is 6.31. The van der Waals surface area contributed by atoms with E-state index in [1.54, 1.807) is 0 Å². The summed E-state index contributed by atoms with van der Waals surface area (Å²) < 4.78 is 5.57. The van der Waals surface area contributed by atoms with Gasteiger partial charge in [0.1, 0.15) is 0 Å². The Balaban J connectivity index is 1.90. The molecule has 2 heteroatoms. The first-order valence-corrected chi connectivity index (χ1v) is 4.64. The fraction of sp³-hybridized carbons (Fsp3) is 1.00. The molecule has 1 aliphatic heterocycles. The molecule has 0 aromatic rings. The first kappa shape index (κ1) is 6.99. The summed E-state index contributed by atoms with van der Waals surface area (Å²) in [6.45, 7) is 0.997. The minimum absolute atomic E-state index is 0.333. The summed E-state index contributed by atoms with van der Waals surface area (Å²) in [7, 11) is 0. The quantitative estimate of drug-likeness (QED) is 0.531. The molecule has 0 aromatic heterocycles. The molecule has 0 bridgehead atoms. The van der Waals surface area contributed by atoms with E-state index in [9.17, 15) is 0 Å². The molecule has 0 atom stereocenters. The minimum atomic E-state index is 0.333. The van der Waals surface area contributed by atoms with Gasteiger partial charge in [-0.15, -0.1) is 0 Å². The number of hydrogen-bond acceptors (Lipinski definition) is 2. The molecule has 0 N–H and O–H groups in total. The van der Waals surface area contributed by atoms with Gasteiger partial charge in [0.2, 0.25) is 0 Å².